The lowest BCUT2D eigenvalue weighted by molar-refractivity contribution is -0.0762. The monoisotopic (exact) mass is 240 g/mol. The van der Waals surface area contributed by atoms with E-state index in [-0.39, 0.29) is 5.60 Å². The Balaban J connectivity index is 2.10. The normalized spacial score (nSPS) is 39.4. The van der Waals surface area contributed by atoms with E-state index >= 15 is 0 Å². The van der Waals surface area contributed by atoms with Gasteiger partial charge in [0.15, 0.2) is 0 Å². The molecule has 0 N–H and O–H groups in total. The van der Waals surface area contributed by atoms with E-state index < -0.39 is 0 Å². The molecule has 0 aromatic carbocycles. The Bertz CT molecular complexity index is 237. The maximum absolute atomic E-state index is 6.10. The first-order valence-electron chi connectivity index (χ1n) is 7.33. The largest absolute Gasteiger partial charge is 0.381 e. The van der Waals surface area contributed by atoms with Crippen LogP contribution >= 0.6 is 0 Å². The molecule has 100 valence electrons. The fraction of sp³-hybridized carbons (Fsp3) is 1.00. The molecule has 0 saturated carbocycles. The van der Waals surface area contributed by atoms with Crippen molar-refractivity contribution in [3.05, 3.63) is 0 Å². The van der Waals surface area contributed by atoms with Crippen molar-refractivity contribution in [2.24, 2.45) is 17.8 Å². The smallest absolute Gasteiger partial charge is 0.0657 e. The molecular formula is C15H28O2. The van der Waals surface area contributed by atoms with Crippen LogP contribution in [0.25, 0.3) is 0 Å². The number of ether oxygens (including phenoxy) is 2. The van der Waals surface area contributed by atoms with Crippen molar-refractivity contribution in [1.82, 2.24) is 0 Å². The predicted molar refractivity (Wildman–Crippen MR) is 70.1 cm³/mol. The van der Waals surface area contributed by atoms with Crippen LogP contribution in [0.1, 0.15) is 52.9 Å². The van der Waals surface area contributed by atoms with Crippen LogP contribution in [0.15, 0.2) is 0 Å². The Morgan fingerprint density at radius 3 is 2.65 bits per heavy atom. The van der Waals surface area contributed by atoms with Gasteiger partial charge in [0.05, 0.1) is 5.60 Å². The first kappa shape index (κ1) is 13.4. The highest BCUT2D eigenvalue weighted by Gasteiger charge is 2.39. The molecule has 0 spiro atoms. The Hall–Kier alpha value is -0.0800. The third-order valence-electron chi connectivity index (χ3n) is 4.73. The van der Waals surface area contributed by atoms with Gasteiger partial charge in [0, 0.05) is 19.8 Å². The van der Waals surface area contributed by atoms with Crippen molar-refractivity contribution in [1.29, 1.82) is 0 Å². The van der Waals surface area contributed by atoms with Gasteiger partial charge in [0.1, 0.15) is 0 Å². The van der Waals surface area contributed by atoms with Gasteiger partial charge < -0.3 is 9.47 Å². The van der Waals surface area contributed by atoms with Gasteiger partial charge in [-0.15, -0.1) is 0 Å². The molecule has 2 nitrogen and oxygen atoms in total. The Morgan fingerprint density at radius 2 is 1.82 bits per heavy atom. The summed E-state index contributed by atoms with van der Waals surface area (Å²) in [4.78, 5) is 0. The molecule has 2 aliphatic heterocycles. The van der Waals surface area contributed by atoms with Crippen LogP contribution in [0.2, 0.25) is 0 Å². The summed E-state index contributed by atoms with van der Waals surface area (Å²) in [5, 5.41) is 0. The van der Waals surface area contributed by atoms with Crippen LogP contribution in [-0.4, -0.2) is 25.4 Å². The summed E-state index contributed by atoms with van der Waals surface area (Å²) < 4.78 is 11.8. The fourth-order valence-corrected chi connectivity index (χ4v) is 3.68. The second-order valence-corrected chi connectivity index (χ2v) is 6.41. The molecule has 2 aliphatic rings. The number of hydrogen-bond acceptors (Lipinski definition) is 2. The quantitative estimate of drug-likeness (QED) is 0.696. The zero-order valence-electron chi connectivity index (χ0n) is 11.7. The summed E-state index contributed by atoms with van der Waals surface area (Å²) in [5.74, 6) is 2.18. The molecule has 3 atom stereocenters. The van der Waals surface area contributed by atoms with E-state index in [2.05, 4.69) is 20.8 Å². The SMILES string of the molecule is CC1COCCCC1C1CCCCOC1(C)C. The van der Waals surface area contributed by atoms with E-state index in [1.165, 1.54) is 32.1 Å². The summed E-state index contributed by atoms with van der Waals surface area (Å²) in [6.07, 6.45) is 6.44. The topological polar surface area (TPSA) is 18.5 Å². The lowest BCUT2D eigenvalue weighted by atomic mass is 9.71. The first-order chi connectivity index (χ1) is 8.11. The minimum atomic E-state index is 0.0553. The highest BCUT2D eigenvalue weighted by Crippen LogP contribution is 2.41. The molecule has 3 unspecified atom stereocenters. The van der Waals surface area contributed by atoms with Crippen molar-refractivity contribution in [2.45, 2.75) is 58.5 Å². The molecule has 0 amide bonds. The van der Waals surface area contributed by atoms with Crippen LogP contribution in [0.3, 0.4) is 0 Å². The molecule has 0 aromatic rings. The van der Waals surface area contributed by atoms with E-state index in [4.69, 9.17) is 9.47 Å². The van der Waals surface area contributed by atoms with Gasteiger partial charge in [0.25, 0.3) is 0 Å². The Kier molecular flexibility index (Phi) is 4.48. The van der Waals surface area contributed by atoms with Crippen molar-refractivity contribution in [3.63, 3.8) is 0 Å². The molecular weight excluding hydrogens is 212 g/mol. The molecule has 0 radical (unpaired) electrons. The van der Waals surface area contributed by atoms with Gasteiger partial charge in [0.2, 0.25) is 0 Å². The van der Waals surface area contributed by atoms with E-state index in [0.29, 0.717) is 11.8 Å². The summed E-state index contributed by atoms with van der Waals surface area (Å²) in [7, 11) is 0. The van der Waals surface area contributed by atoms with E-state index in [0.717, 1.165) is 25.7 Å². The summed E-state index contributed by atoms with van der Waals surface area (Å²) >= 11 is 0. The minimum Gasteiger partial charge on any atom is -0.381 e. The average molecular weight is 240 g/mol. The van der Waals surface area contributed by atoms with Crippen LogP contribution in [0, 0.1) is 17.8 Å². The standard InChI is InChI=1S/C15H28O2/c1-12-11-16-9-6-7-13(12)14-8-4-5-10-17-15(14,2)3/h12-14H,4-11H2,1-3H3. The molecule has 2 rings (SSSR count). The molecule has 0 aromatic heterocycles. The lowest BCUT2D eigenvalue weighted by Gasteiger charge is -2.40. The van der Waals surface area contributed by atoms with Crippen LogP contribution in [0.4, 0.5) is 0 Å². The molecule has 0 aliphatic carbocycles. The lowest BCUT2D eigenvalue weighted by Crippen LogP contribution is -2.40. The van der Waals surface area contributed by atoms with Gasteiger partial charge in [-0.3, -0.25) is 0 Å². The highest BCUT2D eigenvalue weighted by molar-refractivity contribution is 4.89. The second-order valence-electron chi connectivity index (χ2n) is 6.41. The van der Waals surface area contributed by atoms with Crippen molar-refractivity contribution in [2.75, 3.05) is 19.8 Å². The minimum absolute atomic E-state index is 0.0553. The van der Waals surface area contributed by atoms with Gasteiger partial charge in [-0.25, -0.2) is 0 Å². The van der Waals surface area contributed by atoms with Gasteiger partial charge in [-0.2, -0.15) is 0 Å². The van der Waals surface area contributed by atoms with Crippen LogP contribution in [0.5, 0.6) is 0 Å². The molecule has 2 heterocycles. The highest BCUT2D eigenvalue weighted by atomic mass is 16.5. The molecule has 17 heavy (non-hydrogen) atoms. The summed E-state index contributed by atoms with van der Waals surface area (Å²) in [5.41, 5.74) is 0.0553. The van der Waals surface area contributed by atoms with Gasteiger partial charge in [-0.1, -0.05) is 13.3 Å². The predicted octanol–water partition coefficient (Wildman–Crippen LogP) is 3.64. The maximum Gasteiger partial charge on any atom is 0.0657 e. The second kappa shape index (κ2) is 5.71. The zero-order chi connectivity index (χ0) is 12.3. The van der Waals surface area contributed by atoms with Crippen molar-refractivity contribution < 1.29 is 9.47 Å². The molecule has 2 fully saturated rings. The summed E-state index contributed by atoms with van der Waals surface area (Å²) in [6.45, 7) is 9.78. The van der Waals surface area contributed by atoms with Crippen LogP contribution in [-0.2, 0) is 9.47 Å². The number of hydrogen-bond donors (Lipinski definition) is 0. The van der Waals surface area contributed by atoms with E-state index in [1.54, 1.807) is 0 Å². The Morgan fingerprint density at radius 1 is 1.00 bits per heavy atom. The van der Waals surface area contributed by atoms with E-state index in [1.807, 2.05) is 0 Å². The van der Waals surface area contributed by atoms with Crippen molar-refractivity contribution >= 4 is 0 Å². The zero-order valence-corrected chi connectivity index (χ0v) is 11.7. The Labute approximate surface area is 106 Å². The molecule has 2 heteroatoms. The summed E-state index contributed by atoms with van der Waals surface area (Å²) in [6, 6.07) is 0. The maximum atomic E-state index is 6.10. The van der Waals surface area contributed by atoms with Crippen molar-refractivity contribution in [3.8, 4) is 0 Å². The third kappa shape index (κ3) is 3.23. The molecule has 2 saturated heterocycles. The van der Waals surface area contributed by atoms with Gasteiger partial charge >= 0.3 is 0 Å². The number of rotatable bonds is 1. The van der Waals surface area contributed by atoms with E-state index in [9.17, 15) is 0 Å². The average Bonchev–Trinajstić information content (AvgIpc) is 2.57. The van der Waals surface area contributed by atoms with Gasteiger partial charge in [-0.05, 0) is 57.3 Å². The molecule has 0 bridgehead atoms. The first-order valence-corrected chi connectivity index (χ1v) is 7.33. The fourth-order valence-electron chi connectivity index (χ4n) is 3.68. The third-order valence-corrected chi connectivity index (χ3v) is 4.73. The van der Waals surface area contributed by atoms with Crippen LogP contribution < -0.4 is 0 Å².